The third kappa shape index (κ3) is 110. The first-order valence-electron chi connectivity index (χ1n) is 40.5. The second kappa shape index (κ2) is 109. The summed E-state index contributed by atoms with van der Waals surface area (Å²) >= 11 is 0. The lowest BCUT2D eigenvalue weighted by molar-refractivity contribution is -0.138. The topological polar surface area (TPSA) is 396 Å². The second-order valence-corrected chi connectivity index (χ2v) is 23.0. The molecule has 0 heterocycles. The SMILES string of the molecule is NCCOCCOCCOCCOCCOCCOCCOCCOCCOCCOCCOCCOCCOCCOCCOCCOCCOCCOCCOCCOCCOCCOCCOCCOCCOCCOCCOCCOCCOCCOCCOCCOCCOCCOCCOCCOCCC(=O)O. The molecular formula is C75H151NO38. The summed E-state index contributed by atoms with van der Waals surface area (Å²) in [7, 11) is 0. The zero-order valence-electron chi connectivity index (χ0n) is 69.0. The van der Waals surface area contributed by atoms with Gasteiger partial charge in [0.05, 0.1) is 482 Å². The summed E-state index contributed by atoms with van der Waals surface area (Å²) in [5, 5.41) is 8.53. The summed E-state index contributed by atoms with van der Waals surface area (Å²) in [5.74, 6) is -0.882. The summed E-state index contributed by atoms with van der Waals surface area (Å²) in [6, 6.07) is 0. The van der Waals surface area contributed by atoms with Gasteiger partial charge >= 0.3 is 5.97 Å². The first-order chi connectivity index (χ1) is 56.8. The van der Waals surface area contributed by atoms with E-state index in [-0.39, 0.29) is 13.0 Å². The van der Waals surface area contributed by atoms with Crippen molar-refractivity contribution in [3.8, 4) is 0 Å². The van der Waals surface area contributed by atoms with Crippen LogP contribution < -0.4 is 5.73 Å². The van der Waals surface area contributed by atoms with E-state index in [4.69, 9.17) is 181 Å². The molecule has 0 radical (unpaired) electrons. The number of aliphatic carboxylic acids is 1. The molecular weight excluding hydrogens is 1520 g/mol. The minimum absolute atomic E-state index is 0.0124. The van der Waals surface area contributed by atoms with Crippen LogP contribution in [0.2, 0.25) is 0 Å². The van der Waals surface area contributed by atoms with Gasteiger partial charge in [-0.05, 0) is 0 Å². The zero-order valence-corrected chi connectivity index (χ0v) is 69.0. The van der Waals surface area contributed by atoms with Gasteiger partial charge in [0.25, 0.3) is 0 Å². The standard InChI is InChI=1S/C75H151NO38/c76-2-4-80-6-8-82-10-12-84-14-16-86-18-20-88-22-24-90-26-28-92-30-32-94-34-36-96-38-40-98-42-44-100-46-48-102-50-52-104-54-56-106-58-60-108-62-64-110-66-68-112-70-72-114-74-73-113-71-69-111-67-65-109-63-61-107-59-57-105-55-53-103-51-49-101-47-45-99-43-41-97-39-37-95-35-33-93-31-29-91-27-25-89-23-21-87-19-17-85-15-13-83-11-9-81-7-5-79-3-1-75(77)78/h1-74,76H2,(H,77,78). The molecule has 0 fully saturated rings. The maximum Gasteiger partial charge on any atom is 0.305 e. The van der Waals surface area contributed by atoms with Crippen molar-refractivity contribution >= 4 is 5.97 Å². The van der Waals surface area contributed by atoms with Gasteiger partial charge in [-0.25, -0.2) is 0 Å². The molecule has 0 bridgehead atoms. The number of carbonyl (C=O) groups is 1. The predicted molar refractivity (Wildman–Crippen MR) is 411 cm³/mol. The van der Waals surface area contributed by atoms with Crippen molar-refractivity contribution in [2.45, 2.75) is 6.42 Å². The quantitative estimate of drug-likeness (QED) is 0.0758. The average molecular weight is 1680 g/mol. The van der Waals surface area contributed by atoms with Gasteiger partial charge in [-0.15, -0.1) is 0 Å². The van der Waals surface area contributed by atoms with Crippen molar-refractivity contribution in [3.05, 3.63) is 0 Å². The summed E-state index contributed by atoms with van der Waals surface area (Å²) in [5.41, 5.74) is 5.35. The Morgan fingerprint density at radius 1 is 0.123 bits per heavy atom. The normalized spacial score (nSPS) is 11.8. The van der Waals surface area contributed by atoms with Crippen molar-refractivity contribution < 1.29 is 180 Å². The number of carboxylic acid groups (broad SMARTS) is 1. The number of hydrogen-bond acceptors (Lipinski definition) is 38. The van der Waals surface area contributed by atoms with Gasteiger partial charge in [-0.2, -0.15) is 0 Å². The van der Waals surface area contributed by atoms with Crippen LogP contribution in [-0.2, 0) is 175 Å². The molecule has 684 valence electrons. The smallest absolute Gasteiger partial charge is 0.305 e. The van der Waals surface area contributed by atoms with Crippen molar-refractivity contribution in [1.82, 2.24) is 0 Å². The molecule has 39 nitrogen and oxygen atoms in total. The molecule has 0 saturated carbocycles. The van der Waals surface area contributed by atoms with Crippen molar-refractivity contribution in [2.75, 3.05) is 482 Å². The Bertz CT molecular complexity index is 1660. The highest BCUT2D eigenvalue weighted by Crippen LogP contribution is 1.95. The molecule has 0 aromatic carbocycles. The fourth-order valence-corrected chi connectivity index (χ4v) is 8.04. The molecule has 3 N–H and O–H groups in total. The first-order valence-corrected chi connectivity index (χ1v) is 40.5. The molecule has 0 aromatic rings. The van der Waals surface area contributed by atoms with Crippen LogP contribution in [0, 0.1) is 0 Å². The number of hydrogen-bond donors (Lipinski definition) is 2. The summed E-state index contributed by atoms with van der Waals surface area (Å²) in [6.07, 6.45) is -0.0124. The second-order valence-electron chi connectivity index (χ2n) is 23.0. The van der Waals surface area contributed by atoms with Gasteiger partial charge < -0.3 is 181 Å². The first kappa shape index (κ1) is 112. The van der Waals surface area contributed by atoms with Gasteiger partial charge in [0.1, 0.15) is 0 Å². The van der Waals surface area contributed by atoms with E-state index < -0.39 is 5.97 Å². The Balaban J connectivity index is 3.10. The monoisotopic (exact) mass is 1670 g/mol. The molecule has 0 saturated heterocycles. The fourth-order valence-electron chi connectivity index (χ4n) is 8.04. The van der Waals surface area contributed by atoms with Gasteiger partial charge in [-0.1, -0.05) is 0 Å². The molecule has 39 heteroatoms. The lowest BCUT2D eigenvalue weighted by Crippen LogP contribution is -2.16. The molecule has 0 atom stereocenters. The van der Waals surface area contributed by atoms with E-state index in [1.165, 1.54) is 0 Å². The Hall–Kier alpha value is -2.01. The summed E-state index contributed by atoms with van der Waals surface area (Å²) < 4.78 is 198. The van der Waals surface area contributed by atoms with Crippen LogP contribution in [0.3, 0.4) is 0 Å². The molecule has 0 aliphatic rings. The Kier molecular flexibility index (Phi) is 107. The third-order valence-corrected chi connectivity index (χ3v) is 13.7. The molecule has 0 unspecified atom stereocenters. The minimum atomic E-state index is -0.882. The summed E-state index contributed by atoms with van der Waals surface area (Å²) in [4.78, 5) is 10.4. The van der Waals surface area contributed by atoms with E-state index in [2.05, 4.69) is 0 Å². The molecule has 0 amide bonds. The molecule has 0 aliphatic carbocycles. The summed E-state index contributed by atoms with van der Waals surface area (Å²) in [6.45, 7) is 34.6. The Labute approximate surface area is 678 Å². The van der Waals surface area contributed by atoms with Crippen molar-refractivity contribution in [1.29, 1.82) is 0 Å². The van der Waals surface area contributed by atoms with Crippen LogP contribution in [0.4, 0.5) is 0 Å². The van der Waals surface area contributed by atoms with Gasteiger partial charge in [0.15, 0.2) is 0 Å². The minimum Gasteiger partial charge on any atom is -0.481 e. The predicted octanol–water partition coefficient (Wildman–Crippen LogP) is 0.0174. The highest BCUT2D eigenvalue weighted by molar-refractivity contribution is 5.66. The average Bonchev–Trinajstić information content (AvgIpc) is 2.48. The highest BCUT2D eigenvalue weighted by atomic mass is 16.6. The maximum absolute atomic E-state index is 10.4. The van der Waals surface area contributed by atoms with Gasteiger partial charge in [0, 0.05) is 6.54 Å². The lowest BCUT2D eigenvalue weighted by Gasteiger charge is -2.09. The molecule has 0 rings (SSSR count). The number of nitrogens with two attached hydrogens (primary N) is 1. The highest BCUT2D eigenvalue weighted by Gasteiger charge is 2.04. The van der Waals surface area contributed by atoms with Crippen LogP contribution in [0.25, 0.3) is 0 Å². The van der Waals surface area contributed by atoms with Crippen molar-refractivity contribution in [3.63, 3.8) is 0 Å². The van der Waals surface area contributed by atoms with E-state index in [0.29, 0.717) is 476 Å². The van der Waals surface area contributed by atoms with Crippen LogP contribution in [0.5, 0.6) is 0 Å². The largest absolute Gasteiger partial charge is 0.481 e. The van der Waals surface area contributed by atoms with E-state index in [9.17, 15) is 4.79 Å². The molecule has 0 aromatic heterocycles. The molecule has 0 aliphatic heterocycles. The maximum atomic E-state index is 10.4. The van der Waals surface area contributed by atoms with Crippen LogP contribution in [0.15, 0.2) is 0 Å². The zero-order chi connectivity index (χ0) is 81.4. The lowest BCUT2D eigenvalue weighted by atomic mass is 10.5. The van der Waals surface area contributed by atoms with E-state index in [0.717, 1.165) is 0 Å². The number of carboxylic acids is 1. The third-order valence-electron chi connectivity index (χ3n) is 13.7. The molecule has 0 spiro atoms. The van der Waals surface area contributed by atoms with Crippen LogP contribution >= 0.6 is 0 Å². The fraction of sp³-hybridized carbons (Fsp3) is 0.987. The van der Waals surface area contributed by atoms with E-state index >= 15 is 0 Å². The van der Waals surface area contributed by atoms with Crippen LogP contribution in [0.1, 0.15) is 6.42 Å². The van der Waals surface area contributed by atoms with E-state index in [1.807, 2.05) is 0 Å². The molecule has 114 heavy (non-hydrogen) atoms. The van der Waals surface area contributed by atoms with Gasteiger partial charge in [0.2, 0.25) is 0 Å². The Morgan fingerprint density at radius 2 is 0.184 bits per heavy atom. The number of ether oxygens (including phenoxy) is 36. The van der Waals surface area contributed by atoms with E-state index in [1.54, 1.807) is 0 Å². The Morgan fingerprint density at radius 3 is 0.246 bits per heavy atom. The van der Waals surface area contributed by atoms with Crippen molar-refractivity contribution in [2.24, 2.45) is 5.73 Å². The van der Waals surface area contributed by atoms with Gasteiger partial charge in [-0.3, -0.25) is 4.79 Å². The number of rotatable bonds is 110. The van der Waals surface area contributed by atoms with Crippen LogP contribution in [-0.4, -0.2) is 493 Å².